The molecule has 0 aliphatic rings. The Labute approximate surface area is 159 Å². The van der Waals surface area contributed by atoms with Crippen molar-refractivity contribution in [3.63, 3.8) is 0 Å². The lowest BCUT2D eigenvalue weighted by Crippen LogP contribution is -2.28. The van der Waals surface area contributed by atoms with Gasteiger partial charge in [0, 0.05) is 25.0 Å². The molecule has 1 heterocycles. The molecule has 0 atom stereocenters. The van der Waals surface area contributed by atoms with E-state index in [0.717, 1.165) is 22.0 Å². The van der Waals surface area contributed by atoms with Crippen LogP contribution in [-0.4, -0.2) is 20.0 Å². The maximum Gasteiger partial charge on any atom is 0.265 e. The molecule has 27 heavy (non-hydrogen) atoms. The van der Waals surface area contributed by atoms with Gasteiger partial charge >= 0.3 is 0 Å². The van der Waals surface area contributed by atoms with E-state index in [1.807, 2.05) is 72.3 Å². The summed E-state index contributed by atoms with van der Waals surface area (Å²) in [6, 6.07) is 26.4. The highest BCUT2D eigenvalue weighted by atomic mass is 32.2. The monoisotopic (exact) mass is 376 g/mol. The summed E-state index contributed by atoms with van der Waals surface area (Å²) in [6.07, 6.45) is 0. The van der Waals surface area contributed by atoms with Gasteiger partial charge < -0.3 is 4.57 Å². The molecule has 0 saturated carbocycles. The van der Waals surface area contributed by atoms with Crippen LogP contribution < -0.4 is 4.31 Å². The number of sulfonamides is 1. The van der Waals surface area contributed by atoms with Crippen molar-refractivity contribution in [2.24, 2.45) is 7.05 Å². The fraction of sp³-hybridized carbons (Fsp3) is 0.0909. The van der Waals surface area contributed by atoms with Crippen molar-refractivity contribution < 1.29 is 8.42 Å². The van der Waals surface area contributed by atoms with Crippen molar-refractivity contribution in [3.8, 4) is 11.1 Å². The van der Waals surface area contributed by atoms with Crippen LogP contribution in [0.5, 0.6) is 0 Å². The fourth-order valence-electron chi connectivity index (χ4n) is 3.50. The normalized spacial score (nSPS) is 11.6. The van der Waals surface area contributed by atoms with E-state index in [4.69, 9.17) is 0 Å². The summed E-state index contributed by atoms with van der Waals surface area (Å²) < 4.78 is 29.8. The Morgan fingerprint density at radius 1 is 0.778 bits per heavy atom. The minimum atomic E-state index is -3.68. The van der Waals surface area contributed by atoms with Gasteiger partial charge in [-0.2, -0.15) is 0 Å². The van der Waals surface area contributed by atoms with Crippen LogP contribution in [0, 0.1) is 0 Å². The van der Waals surface area contributed by atoms with Crippen LogP contribution in [0.2, 0.25) is 0 Å². The summed E-state index contributed by atoms with van der Waals surface area (Å²) in [7, 11) is -0.162. The first-order valence-electron chi connectivity index (χ1n) is 8.68. The first-order valence-corrected chi connectivity index (χ1v) is 10.1. The third kappa shape index (κ3) is 2.80. The smallest absolute Gasteiger partial charge is 0.265 e. The molecule has 4 rings (SSSR count). The average molecular weight is 376 g/mol. The maximum atomic E-state index is 13.3. The van der Waals surface area contributed by atoms with Crippen molar-refractivity contribution in [3.05, 3.63) is 84.9 Å². The number of hydrogen-bond acceptors (Lipinski definition) is 2. The lowest BCUT2D eigenvalue weighted by Gasteiger charge is -2.22. The van der Waals surface area contributed by atoms with Crippen LogP contribution in [0.15, 0.2) is 89.8 Å². The quantitative estimate of drug-likeness (QED) is 0.519. The molecule has 0 unspecified atom stereocenters. The molecule has 0 N–H and O–H groups in total. The number of aromatic nitrogens is 1. The van der Waals surface area contributed by atoms with E-state index in [-0.39, 0.29) is 4.90 Å². The zero-order valence-electron chi connectivity index (χ0n) is 15.2. The topological polar surface area (TPSA) is 42.3 Å². The molecule has 0 radical (unpaired) electrons. The Balaban J connectivity index is 2.01. The average Bonchev–Trinajstić information content (AvgIpc) is 3.01. The van der Waals surface area contributed by atoms with Gasteiger partial charge in [-0.1, -0.05) is 66.7 Å². The summed E-state index contributed by atoms with van der Waals surface area (Å²) in [5.74, 6) is 0.645. The summed E-state index contributed by atoms with van der Waals surface area (Å²) in [5.41, 5.74) is 2.89. The highest BCUT2D eigenvalue weighted by Crippen LogP contribution is 2.41. The van der Waals surface area contributed by atoms with Crippen molar-refractivity contribution in [2.75, 3.05) is 11.4 Å². The maximum absolute atomic E-state index is 13.3. The lowest BCUT2D eigenvalue weighted by atomic mass is 10.0. The molecule has 4 nitrogen and oxygen atoms in total. The SMILES string of the molecule is CN(c1c(-c2ccccc2)c2ccccc2n1C)S(=O)(=O)c1ccccc1. The van der Waals surface area contributed by atoms with Crippen molar-refractivity contribution in [1.29, 1.82) is 0 Å². The highest BCUT2D eigenvalue weighted by molar-refractivity contribution is 7.92. The number of aryl methyl sites for hydroxylation is 1. The molecular weight excluding hydrogens is 356 g/mol. The second-order valence-electron chi connectivity index (χ2n) is 6.43. The molecule has 0 amide bonds. The van der Waals surface area contributed by atoms with Crippen LogP contribution in [0.25, 0.3) is 22.0 Å². The first-order chi connectivity index (χ1) is 13.0. The third-order valence-electron chi connectivity index (χ3n) is 4.84. The molecular formula is C22H20N2O2S. The van der Waals surface area contributed by atoms with E-state index in [9.17, 15) is 8.42 Å². The Kier molecular flexibility index (Phi) is 4.24. The van der Waals surface area contributed by atoms with E-state index in [1.165, 1.54) is 4.31 Å². The fourth-order valence-corrected chi connectivity index (χ4v) is 4.76. The lowest BCUT2D eigenvalue weighted by molar-refractivity contribution is 0.593. The number of nitrogens with zero attached hydrogens (tertiary/aromatic N) is 2. The summed E-state index contributed by atoms with van der Waals surface area (Å²) in [5, 5.41) is 1.02. The zero-order valence-corrected chi connectivity index (χ0v) is 16.0. The molecule has 0 saturated heterocycles. The molecule has 1 aromatic heterocycles. The van der Waals surface area contributed by atoms with Gasteiger partial charge in [0.1, 0.15) is 5.82 Å². The molecule has 5 heteroatoms. The van der Waals surface area contributed by atoms with Crippen LogP contribution >= 0.6 is 0 Å². The van der Waals surface area contributed by atoms with Crippen LogP contribution in [0.3, 0.4) is 0 Å². The van der Waals surface area contributed by atoms with Gasteiger partial charge in [-0.15, -0.1) is 0 Å². The third-order valence-corrected chi connectivity index (χ3v) is 6.60. The van der Waals surface area contributed by atoms with Crippen LogP contribution in [0.1, 0.15) is 0 Å². The molecule has 4 aromatic rings. The first kappa shape index (κ1) is 17.4. The van der Waals surface area contributed by atoms with E-state index >= 15 is 0 Å². The van der Waals surface area contributed by atoms with Crippen molar-refractivity contribution in [1.82, 2.24) is 4.57 Å². The second-order valence-corrected chi connectivity index (χ2v) is 8.40. The van der Waals surface area contributed by atoms with Gasteiger partial charge in [-0.25, -0.2) is 8.42 Å². The zero-order chi connectivity index (χ0) is 19.0. The predicted molar refractivity (Wildman–Crippen MR) is 110 cm³/mol. The highest BCUT2D eigenvalue weighted by Gasteiger charge is 2.28. The number of hydrogen-bond donors (Lipinski definition) is 0. The number of fused-ring (bicyclic) bond motifs is 1. The minimum Gasteiger partial charge on any atom is -0.329 e. The van der Waals surface area contributed by atoms with E-state index < -0.39 is 10.0 Å². The molecule has 3 aromatic carbocycles. The molecule has 0 aliphatic carbocycles. The Morgan fingerprint density at radius 2 is 1.33 bits per heavy atom. The second kappa shape index (κ2) is 6.59. The Bertz CT molecular complexity index is 1200. The summed E-state index contributed by atoms with van der Waals surface area (Å²) >= 11 is 0. The van der Waals surface area contributed by atoms with E-state index in [2.05, 4.69) is 0 Å². The van der Waals surface area contributed by atoms with E-state index in [1.54, 1.807) is 31.3 Å². The van der Waals surface area contributed by atoms with Gasteiger partial charge in [-0.05, 0) is 23.8 Å². The van der Waals surface area contributed by atoms with Gasteiger partial charge in [0.05, 0.1) is 10.4 Å². The molecule has 0 fully saturated rings. The summed E-state index contributed by atoms with van der Waals surface area (Å²) in [6.45, 7) is 0. The van der Waals surface area contributed by atoms with E-state index in [0.29, 0.717) is 5.82 Å². The minimum absolute atomic E-state index is 0.275. The van der Waals surface area contributed by atoms with Crippen molar-refractivity contribution >= 4 is 26.7 Å². The molecule has 136 valence electrons. The standard InChI is InChI=1S/C22H20N2O2S/c1-23-20-16-10-9-15-19(20)21(17-11-5-3-6-12-17)22(23)24(2)27(25,26)18-13-7-4-8-14-18/h3-16H,1-2H3. The Morgan fingerprint density at radius 3 is 2.00 bits per heavy atom. The van der Waals surface area contributed by atoms with Crippen LogP contribution in [0.4, 0.5) is 5.82 Å². The van der Waals surface area contributed by atoms with Gasteiger partial charge in [0.25, 0.3) is 10.0 Å². The molecule has 0 bridgehead atoms. The van der Waals surface area contributed by atoms with Crippen molar-refractivity contribution in [2.45, 2.75) is 4.90 Å². The summed E-state index contributed by atoms with van der Waals surface area (Å²) in [4.78, 5) is 0.275. The van der Waals surface area contributed by atoms with Gasteiger partial charge in [-0.3, -0.25) is 4.31 Å². The van der Waals surface area contributed by atoms with Gasteiger partial charge in [0.2, 0.25) is 0 Å². The Hall–Kier alpha value is -3.05. The largest absolute Gasteiger partial charge is 0.329 e. The number of rotatable bonds is 4. The predicted octanol–water partition coefficient (Wildman–Crippen LogP) is 4.67. The molecule has 0 aliphatic heterocycles. The number of anilines is 1. The number of para-hydroxylation sites is 1. The number of benzene rings is 3. The van der Waals surface area contributed by atoms with Gasteiger partial charge in [0.15, 0.2) is 0 Å². The van der Waals surface area contributed by atoms with Crippen LogP contribution in [-0.2, 0) is 17.1 Å². The molecule has 0 spiro atoms.